The van der Waals surface area contributed by atoms with Gasteiger partial charge in [0.1, 0.15) is 0 Å². The summed E-state index contributed by atoms with van der Waals surface area (Å²) in [6.45, 7) is 2.30. The molecule has 0 aromatic carbocycles. The van der Waals surface area contributed by atoms with Crippen molar-refractivity contribution in [3.05, 3.63) is 52.4 Å². The van der Waals surface area contributed by atoms with Gasteiger partial charge in [0.15, 0.2) is 5.82 Å². The Balaban J connectivity index is 2.01. The SMILES string of the molecule is Cc1ccc(CNC(=O)c2cnc(NN)c(Cl)c2)cn1. The molecule has 20 heavy (non-hydrogen) atoms. The van der Waals surface area contributed by atoms with E-state index >= 15 is 0 Å². The number of nitrogens with one attached hydrogen (secondary N) is 2. The summed E-state index contributed by atoms with van der Waals surface area (Å²) in [5.41, 5.74) is 4.56. The normalized spacial score (nSPS) is 10.2. The van der Waals surface area contributed by atoms with Gasteiger partial charge in [-0.05, 0) is 24.6 Å². The molecule has 0 atom stereocenters. The third-order valence-electron chi connectivity index (χ3n) is 2.67. The van der Waals surface area contributed by atoms with E-state index in [0.29, 0.717) is 17.9 Å². The molecule has 0 aliphatic rings. The zero-order valence-electron chi connectivity index (χ0n) is 10.9. The van der Waals surface area contributed by atoms with Crippen LogP contribution >= 0.6 is 11.6 Å². The van der Waals surface area contributed by atoms with E-state index in [0.717, 1.165) is 11.3 Å². The number of amides is 1. The largest absolute Gasteiger partial charge is 0.348 e. The molecule has 0 saturated carbocycles. The second-order valence-corrected chi connectivity index (χ2v) is 4.60. The highest BCUT2D eigenvalue weighted by molar-refractivity contribution is 6.33. The number of hydrogen-bond donors (Lipinski definition) is 3. The topological polar surface area (TPSA) is 92.9 Å². The Bertz CT molecular complexity index is 615. The highest BCUT2D eigenvalue weighted by Gasteiger charge is 2.09. The van der Waals surface area contributed by atoms with Crippen LogP contribution in [-0.2, 0) is 6.54 Å². The van der Waals surface area contributed by atoms with Gasteiger partial charge in [0.25, 0.3) is 5.91 Å². The van der Waals surface area contributed by atoms with Crippen LogP contribution in [0.25, 0.3) is 0 Å². The molecule has 0 aliphatic heterocycles. The highest BCUT2D eigenvalue weighted by Crippen LogP contribution is 2.18. The first-order chi connectivity index (χ1) is 9.60. The van der Waals surface area contributed by atoms with Crippen LogP contribution in [0.2, 0.25) is 5.02 Å². The van der Waals surface area contributed by atoms with Crippen LogP contribution < -0.4 is 16.6 Å². The van der Waals surface area contributed by atoms with Crippen molar-refractivity contribution in [3.8, 4) is 0 Å². The minimum atomic E-state index is -0.261. The number of nitrogens with two attached hydrogens (primary N) is 1. The molecule has 4 N–H and O–H groups in total. The number of anilines is 1. The molecule has 2 heterocycles. The van der Waals surface area contributed by atoms with Gasteiger partial charge < -0.3 is 10.7 Å². The molecule has 6 nitrogen and oxygen atoms in total. The average Bonchev–Trinajstić information content (AvgIpc) is 2.46. The maximum absolute atomic E-state index is 12.0. The molecule has 0 saturated heterocycles. The Labute approximate surface area is 121 Å². The van der Waals surface area contributed by atoms with E-state index in [1.54, 1.807) is 6.20 Å². The van der Waals surface area contributed by atoms with Crippen LogP contribution in [0.15, 0.2) is 30.6 Å². The Morgan fingerprint density at radius 1 is 1.35 bits per heavy atom. The van der Waals surface area contributed by atoms with Crippen LogP contribution in [0.4, 0.5) is 5.82 Å². The first kappa shape index (κ1) is 14.2. The molecule has 7 heteroatoms. The molecule has 0 bridgehead atoms. The molecule has 0 unspecified atom stereocenters. The molecule has 2 rings (SSSR count). The maximum atomic E-state index is 12.0. The van der Waals surface area contributed by atoms with Gasteiger partial charge in [-0.15, -0.1) is 0 Å². The number of pyridine rings is 2. The predicted molar refractivity (Wildman–Crippen MR) is 77.2 cm³/mol. The van der Waals surface area contributed by atoms with Crippen LogP contribution in [0.1, 0.15) is 21.6 Å². The Morgan fingerprint density at radius 2 is 2.15 bits per heavy atom. The van der Waals surface area contributed by atoms with E-state index in [2.05, 4.69) is 20.7 Å². The molecule has 2 aromatic heterocycles. The zero-order valence-corrected chi connectivity index (χ0v) is 11.6. The lowest BCUT2D eigenvalue weighted by Crippen LogP contribution is -2.23. The van der Waals surface area contributed by atoms with Crippen molar-refractivity contribution in [3.63, 3.8) is 0 Å². The van der Waals surface area contributed by atoms with E-state index < -0.39 is 0 Å². The van der Waals surface area contributed by atoms with E-state index in [1.165, 1.54) is 12.3 Å². The Kier molecular flexibility index (Phi) is 4.49. The van der Waals surface area contributed by atoms with Crippen molar-refractivity contribution in [2.45, 2.75) is 13.5 Å². The van der Waals surface area contributed by atoms with Gasteiger partial charge in [0.2, 0.25) is 0 Å². The minimum Gasteiger partial charge on any atom is -0.348 e. The zero-order chi connectivity index (χ0) is 14.5. The lowest BCUT2D eigenvalue weighted by atomic mass is 10.2. The lowest BCUT2D eigenvalue weighted by molar-refractivity contribution is 0.0950. The van der Waals surface area contributed by atoms with Crippen molar-refractivity contribution >= 4 is 23.3 Å². The number of hydrazine groups is 1. The smallest absolute Gasteiger partial charge is 0.253 e. The summed E-state index contributed by atoms with van der Waals surface area (Å²) in [5.74, 6) is 5.28. The van der Waals surface area contributed by atoms with Gasteiger partial charge in [-0.3, -0.25) is 9.78 Å². The number of halogens is 1. The molecule has 0 radical (unpaired) electrons. The minimum absolute atomic E-state index is 0.261. The van der Waals surface area contributed by atoms with Crippen LogP contribution in [-0.4, -0.2) is 15.9 Å². The number of hydrogen-bond acceptors (Lipinski definition) is 5. The summed E-state index contributed by atoms with van der Waals surface area (Å²) in [7, 11) is 0. The maximum Gasteiger partial charge on any atom is 0.253 e. The molecule has 1 amide bonds. The fourth-order valence-corrected chi connectivity index (χ4v) is 1.78. The van der Waals surface area contributed by atoms with Gasteiger partial charge in [-0.25, -0.2) is 10.8 Å². The quantitative estimate of drug-likeness (QED) is 0.588. The van der Waals surface area contributed by atoms with E-state index in [1.807, 2.05) is 19.1 Å². The van der Waals surface area contributed by atoms with Gasteiger partial charge in [0, 0.05) is 24.6 Å². The molecule has 0 fully saturated rings. The number of carbonyl (C=O) groups is 1. The monoisotopic (exact) mass is 291 g/mol. The first-order valence-corrected chi connectivity index (χ1v) is 6.30. The highest BCUT2D eigenvalue weighted by atomic mass is 35.5. The van der Waals surface area contributed by atoms with Crippen molar-refractivity contribution in [1.82, 2.24) is 15.3 Å². The number of nitrogen functional groups attached to an aromatic ring is 1. The van der Waals surface area contributed by atoms with Gasteiger partial charge in [-0.1, -0.05) is 17.7 Å². The summed E-state index contributed by atoms with van der Waals surface area (Å²) in [6.07, 6.45) is 3.13. The van der Waals surface area contributed by atoms with E-state index in [9.17, 15) is 4.79 Å². The molecular weight excluding hydrogens is 278 g/mol. The Hall–Kier alpha value is -2.18. The summed E-state index contributed by atoms with van der Waals surface area (Å²) < 4.78 is 0. The van der Waals surface area contributed by atoms with Crippen molar-refractivity contribution in [2.24, 2.45) is 5.84 Å². The van der Waals surface area contributed by atoms with E-state index in [4.69, 9.17) is 17.4 Å². The summed E-state index contributed by atoms with van der Waals surface area (Å²) in [4.78, 5) is 20.1. The second-order valence-electron chi connectivity index (χ2n) is 4.19. The molecule has 2 aromatic rings. The second kappa shape index (κ2) is 6.31. The Morgan fingerprint density at radius 3 is 2.75 bits per heavy atom. The number of carbonyl (C=O) groups excluding carboxylic acids is 1. The predicted octanol–water partition coefficient (Wildman–Crippen LogP) is 1.65. The standard InChI is InChI=1S/C13H14ClN5O/c1-8-2-3-9(5-16-8)6-18-13(20)10-4-11(14)12(19-15)17-7-10/h2-5,7H,6,15H2,1H3,(H,17,19)(H,18,20). The third-order valence-corrected chi connectivity index (χ3v) is 2.95. The van der Waals surface area contributed by atoms with Crippen molar-refractivity contribution < 1.29 is 4.79 Å². The average molecular weight is 292 g/mol. The van der Waals surface area contributed by atoms with Gasteiger partial charge >= 0.3 is 0 Å². The number of aryl methyl sites for hydroxylation is 1. The van der Waals surface area contributed by atoms with Crippen molar-refractivity contribution in [2.75, 3.05) is 5.43 Å². The van der Waals surface area contributed by atoms with Crippen LogP contribution in [0, 0.1) is 6.92 Å². The fourth-order valence-electron chi connectivity index (χ4n) is 1.56. The van der Waals surface area contributed by atoms with E-state index in [-0.39, 0.29) is 10.9 Å². The van der Waals surface area contributed by atoms with Crippen molar-refractivity contribution in [1.29, 1.82) is 0 Å². The number of rotatable bonds is 4. The fraction of sp³-hybridized carbons (Fsp3) is 0.154. The summed E-state index contributed by atoms with van der Waals surface area (Å²) in [5, 5.41) is 3.06. The molecule has 0 aliphatic carbocycles. The van der Waals surface area contributed by atoms with Crippen LogP contribution in [0.3, 0.4) is 0 Å². The lowest BCUT2D eigenvalue weighted by Gasteiger charge is -2.07. The summed E-state index contributed by atoms with van der Waals surface area (Å²) >= 11 is 5.91. The summed E-state index contributed by atoms with van der Waals surface area (Å²) in [6, 6.07) is 5.31. The first-order valence-electron chi connectivity index (χ1n) is 5.92. The molecular formula is C13H14ClN5O. The van der Waals surface area contributed by atoms with Crippen LogP contribution in [0.5, 0.6) is 0 Å². The van der Waals surface area contributed by atoms with Gasteiger partial charge in [0.05, 0.1) is 10.6 Å². The third kappa shape index (κ3) is 3.43. The number of aromatic nitrogens is 2. The molecule has 104 valence electrons. The molecule has 0 spiro atoms. The number of nitrogens with zero attached hydrogens (tertiary/aromatic N) is 2. The van der Waals surface area contributed by atoms with Gasteiger partial charge in [-0.2, -0.15) is 0 Å².